The summed E-state index contributed by atoms with van der Waals surface area (Å²) in [5, 5.41) is 0. The van der Waals surface area contributed by atoms with Crippen molar-refractivity contribution in [2.75, 3.05) is 26.3 Å². The Kier molecular flexibility index (Phi) is 5.19. The Morgan fingerprint density at radius 3 is 2.53 bits per heavy atom. The molecule has 0 bridgehead atoms. The Morgan fingerprint density at radius 2 is 1.80 bits per heavy atom. The molecule has 5 heteroatoms. The number of ether oxygens (including phenoxy) is 2. The van der Waals surface area contributed by atoms with Gasteiger partial charge in [0.2, 0.25) is 0 Å². The number of benzene rings is 1. The molecule has 3 heterocycles. The summed E-state index contributed by atoms with van der Waals surface area (Å²) < 4.78 is 14.0. The lowest BCUT2D eigenvalue weighted by Gasteiger charge is -2.37. The van der Waals surface area contributed by atoms with Crippen molar-refractivity contribution in [1.82, 2.24) is 9.47 Å². The van der Waals surface area contributed by atoms with E-state index in [4.69, 9.17) is 9.47 Å². The Labute approximate surface area is 179 Å². The molecule has 2 saturated heterocycles. The van der Waals surface area contributed by atoms with Crippen LogP contribution in [0.4, 0.5) is 0 Å². The van der Waals surface area contributed by atoms with Crippen LogP contribution in [0.2, 0.25) is 0 Å². The second-order valence-corrected chi connectivity index (χ2v) is 9.08. The average molecular weight is 409 g/mol. The van der Waals surface area contributed by atoms with Gasteiger partial charge in [0, 0.05) is 38.2 Å². The lowest BCUT2D eigenvalue weighted by atomic mass is 9.95. The molecule has 0 N–H and O–H groups in total. The van der Waals surface area contributed by atoms with Gasteiger partial charge in [-0.3, -0.25) is 4.79 Å². The van der Waals surface area contributed by atoms with Gasteiger partial charge in [-0.2, -0.15) is 0 Å². The van der Waals surface area contributed by atoms with Gasteiger partial charge in [-0.15, -0.1) is 0 Å². The molecule has 1 amide bonds. The van der Waals surface area contributed by atoms with E-state index in [0.29, 0.717) is 26.3 Å². The molecule has 0 unspecified atom stereocenters. The minimum absolute atomic E-state index is 0.169. The lowest BCUT2D eigenvalue weighted by molar-refractivity contribution is -0.181. The molecule has 1 aromatic carbocycles. The zero-order chi connectivity index (χ0) is 20.7. The first-order valence-corrected chi connectivity index (χ1v) is 11.4. The van der Waals surface area contributed by atoms with Gasteiger partial charge in [0.05, 0.1) is 13.2 Å². The molecule has 0 radical (unpaired) electrons. The summed E-state index contributed by atoms with van der Waals surface area (Å²) >= 11 is 0. The molecular weight excluding hydrogens is 376 g/mol. The van der Waals surface area contributed by atoms with Crippen LogP contribution in [0.5, 0.6) is 0 Å². The number of carbonyl (C=O) groups is 1. The maximum atomic E-state index is 13.7. The van der Waals surface area contributed by atoms with Crippen molar-refractivity contribution in [2.24, 2.45) is 0 Å². The number of hydrogen-bond acceptors (Lipinski definition) is 3. The van der Waals surface area contributed by atoms with E-state index in [2.05, 4.69) is 42.7 Å². The molecule has 1 spiro atoms. The predicted molar refractivity (Wildman–Crippen MR) is 116 cm³/mol. The number of piperidine rings is 1. The number of aryl methyl sites for hydroxylation is 1. The molecule has 0 atom stereocenters. The van der Waals surface area contributed by atoms with Gasteiger partial charge >= 0.3 is 0 Å². The fraction of sp³-hybridized carbons (Fsp3) is 0.560. The number of carbonyl (C=O) groups excluding carboxylic acids is 1. The van der Waals surface area contributed by atoms with Crippen molar-refractivity contribution < 1.29 is 14.3 Å². The van der Waals surface area contributed by atoms with Gasteiger partial charge in [-0.1, -0.05) is 29.8 Å². The molecule has 2 fully saturated rings. The van der Waals surface area contributed by atoms with Crippen LogP contribution in [-0.4, -0.2) is 47.5 Å². The van der Waals surface area contributed by atoms with E-state index >= 15 is 0 Å². The Bertz CT molecular complexity index is 946. The number of fused-ring (bicyclic) bond motifs is 1. The van der Waals surface area contributed by atoms with Crippen molar-refractivity contribution in [2.45, 2.75) is 64.7 Å². The van der Waals surface area contributed by atoms with Crippen LogP contribution in [-0.2, 0) is 28.9 Å². The van der Waals surface area contributed by atoms with Crippen molar-refractivity contribution in [3.8, 4) is 0 Å². The van der Waals surface area contributed by atoms with E-state index in [1.807, 2.05) is 4.90 Å². The Balaban J connectivity index is 1.46. The number of likely N-dealkylation sites (tertiary alicyclic amines) is 1. The molecule has 0 saturated carbocycles. The van der Waals surface area contributed by atoms with Crippen LogP contribution in [0.1, 0.15) is 64.1 Å². The minimum atomic E-state index is -0.450. The normalized spacial score (nSPS) is 20.5. The lowest BCUT2D eigenvalue weighted by Crippen LogP contribution is -2.47. The Hall–Kier alpha value is -2.11. The largest absolute Gasteiger partial charge is 0.347 e. The third kappa shape index (κ3) is 3.48. The highest BCUT2D eigenvalue weighted by molar-refractivity contribution is 5.95. The second kappa shape index (κ2) is 7.86. The van der Waals surface area contributed by atoms with E-state index in [9.17, 15) is 4.79 Å². The highest BCUT2D eigenvalue weighted by Crippen LogP contribution is 2.34. The monoisotopic (exact) mass is 408 g/mol. The van der Waals surface area contributed by atoms with Crippen LogP contribution in [0.25, 0.3) is 0 Å². The van der Waals surface area contributed by atoms with Crippen molar-refractivity contribution >= 4 is 5.91 Å². The topological polar surface area (TPSA) is 43.7 Å². The highest BCUT2D eigenvalue weighted by atomic mass is 16.7. The molecule has 160 valence electrons. The van der Waals surface area contributed by atoms with Crippen molar-refractivity contribution in [1.29, 1.82) is 0 Å². The number of nitrogens with zero attached hydrogens (tertiary/aromatic N) is 2. The van der Waals surface area contributed by atoms with Crippen LogP contribution < -0.4 is 0 Å². The number of rotatable bonds is 3. The van der Waals surface area contributed by atoms with Crippen LogP contribution >= 0.6 is 0 Å². The van der Waals surface area contributed by atoms with E-state index in [1.54, 1.807) is 0 Å². The average Bonchev–Trinajstić information content (AvgIpc) is 3.32. The van der Waals surface area contributed by atoms with E-state index in [-0.39, 0.29) is 5.91 Å². The zero-order valence-electron chi connectivity index (χ0n) is 18.2. The number of aromatic nitrogens is 1. The van der Waals surface area contributed by atoms with Gasteiger partial charge in [0.25, 0.3) is 5.91 Å². The van der Waals surface area contributed by atoms with E-state index in [0.717, 1.165) is 37.9 Å². The van der Waals surface area contributed by atoms with Gasteiger partial charge in [-0.25, -0.2) is 0 Å². The van der Waals surface area contributed by atoms with Gasteiger partial charge in [0.1, 0.15) is 5.69 Å². The standard InChI is InChI=1S/C25H32N2O3/c1-18-6-5-7-20(16-18)17-27-22-9-4-3-8-21(22)19(2)23(27)24(28)26-12-10-25(11-13-26)29-14-15-30-25/h5-7,16H,3-4,8-15,17H2,1-2H3. The summed E-state index contributed by atoms with van der Waals surface area (Å²) in [7, 11) is 0. The smallest absolute Gasteiger partial charge is 0.270 e. The fourth-order valence-corrected chi connectivity index (χ4v) is 5.50. The highest BCUT2D eigenvalue weighted by Gasteiger charge is 2.41. The van der Waals surface area contributed by atoms with Gasteiger partial charge in [-0.05, 0) is 56.2 Å². The first-order chi connectivity index (χ1) is 14.6. The summed E-state index contributed by atoms with van der Waals surface area (Å²) in [5.74, 6) is -0.281. The van der Waals surface area contributed by atoms with Gasteiger partial charge in [0.15, 0.2) is 5.79 Å². The summed E-state index contributed by atoms with van der Waals surface area (Å²) in [6, 6.07) is 8.65. The maximum absolute atomic E-state index is 13.7. The summed E-state index contributed by atoms with van der Waals surface area (Å²) in [6.45, 7) is 7.76. The SMILES string of the molecule is Cc1cccc(Cn2c3c(c(C)c2C(=O)N2CCC4(CC2)OCCO4)CCCC3)c1. The molecule has 5 nitrogen and oxygen atoms in total. The van der Waals surface area contributed by atoms with Crippen LogP contribution in [0.15, 0.2) is 24.3 Å². The number of hydrogen-bond donors (Lipinski definition) is 0. The third-order valence-electron chi connectivity index (χ3n) is 7.09. The van der Waals surface area contributed by atoms with Crippen molar-refractivity contribution in [3.05, 3.63) is 57.9 Å². The number of amides is 1. The van der Waals surface area contributed by atoms with Gasteiger partial charge < -0.3 is 18.9 Å². The van der Waals surface area contributed by atoms with Crippen LogP contribution in [0.3, 0.4) is 0 Å². The molecule has 30 heavy (non-hydrogen) atoms. The zero-order valence-corrected chi connectivity index (χ0v) is 18.2. The third-order valence-corrected chi connectivity index (χ3v) is 7.09. The molecule has 1 aliphatic carbocycles. The molecular formula is C25H32N2O3. The van der Waals surface area contributed by atoms with Crippen molar-refractivity contribution in [3.63, 3.8) is 0 Å². The van der Waals surface area contributed by atoms with Crippen LogP contribution in [0, 0.1) is 13.8 Å². The maximum Gasteiger partial charge on any atom is 0.270 e. The minimum Gasteiger partial charge on any atom is -0.347 e. The predicted octanol–water partition coefficient (Wildman–Crippen LogP) is 4.01. The van der Waals surface area contributed by atoms with E-state index in [1.165, 1.54) is 40.8 Å². The Morgan fingerprint density at radius 1 is 1.07 bits per heavy atom. The quantitative estimate of drug-likeness (QED) is 0.771. The molecule has 5 rings (SSSR count). The molecule has 2 aliphatic heterocycles. The first-order valence-electron chi connectivity index (χ1n) is 11.4. The fourth-order valence-electron chi connectivity index (χ4n) is 5.50. The molecule has 2 aromatic rings. The second-order valence-electron chi connectivity index (χ2n) is 9.08. The summed E-state index contributed by atoms with van der Waals surface area (Å²) in [5.41, 5.74) is 7.39. The first kappa shape index (κ1) is 19.8. The summed E-state index contributed by atoms with van der Waals surface area (Å²) in [4.78, 5) is 15.8. The van der Waals surface area contributed by atoms with E-state index < -0.39 is 5.79 Å². The molecule has 3 aliphatic rings. The molecule has 1 aromatic heterocycles. The summed E-state index contributed by atoms with van der Waals surface area (Å²) in [6.07, 6.45) is 6.11.